The molecule has 1 amide bonds. The van der Waals surface area contributed by atoms with Crippen molar-refractivity contribution >= 4 is 45.4 Å². The molecule has 0 aliphatic carbocycles. The van der Waals surface area contributed by atoms with Gasteiger partial charge < -0.3 is 9.47 Å². The van der Waals surface area contributed by atoms with E-state index in [1.807, 2.05) is 25.1 Å². The highest BCUT2D eigenvalue weighted by molar-refractivity contribution is 8.18. The Bertz CT molecular complexity index is 952. The first kappa shape index (κ1) is 20.1. The quantitative estimate of drug-likeness (QED) is 0.503. The molecule has 2 heterocycles. The van der Waals surface area contributed by atoms with Crippen molar-refractivity contribution in [3.8, 4) is 11.5 Å². The number of carbonyl (C=O) groups is 1. The van der Waals surface area contributed by atoms with Gasteiger partial charge in [-0.15, -0.1) is 16.8 Å². The molecule has 1 saturated heterocycles. The van der Waals surface area contributed by atoms with Crippen molar-refractivity contribution in [3.05, 3.63) is 46.3 Å². The summed E-state index contributed by atoms with van der Waals surface area (Å²) in [7, 11) is 3.15. The van der Waals surface area contributed by atoms with Crippen LogP contribution < -0.4 is 9.47 Å². The Kier molecular flexibility index (Phi) is 6.48. The van der Waals surface area contributed by atoms with Crippen molar-refractivity contribution in [3.63, 3.8) is 0 Å². The van der Waals surface area contributed by atoms with Crippen LogP contribution in [0.3, 0.4) is 0 Å². The highest BCUT2D eigenvalue weighted by Gasteiger charge is 2.33. The van der Waals surface area contributed by atoms with Gasteiger partial charge in [0.2, 0.25) is 5.13 Å². The number of amides is 1. The van der Waals surface area contributed by atoms with Gasteiger partial charge in [-0.2, -0.15) is 4.99 Å². The van der Waals surface area contributed by atoms with E-state index in [0.717, 1.165) is 17.0 Å². The lowest BCUT2D eigenvalue weighted by molar-refractivity contribution is -0.121. The molecule has 146 valence electrons. The van der Waals surface area contributed by atoms with Crippen molar-refractivity contribution in [2.45, 2.75) is 13.3 Å². The second kappa shape index (κ2) is 9.03. The second-order valence-electron chi connectivity index (χ2n) is 5.62. The van der Waals surface area contributed by atoms with E-state index in [1.165, 1.54) is 23.1 Å². The number of benzene rings is 1. The molecule has 7 nitrogen and oxygen atoms in total. The number of ether oxygens (including phenoxy) is 2. The highest BCUT2D eigenvalue weighted by atomic mass is 32.2. The normalized spacial score (nSPS) is 16.8. The largest absolute Gasteiger partial charge is 0.493 e. The number of hydrogen-bond acceptors (Lipinski definition) is 8. The summed E-state index contributed by atoms with van der Waals surface area (Å²) in [6.07, 6.45) is 4.25. The molecule has 0 spiro atoms. The van der Waals surface area contributed by atoms with Crippen LogP contribution in [0.1, 0.15) is 17.5 Å². The number of aliphatic imine (C=N–C) groups is 1. The number of rotatable bonds is 7. The fraction of sp³-hybridized carbons (Fsp3) is 0.263. The lowest BCUT2D eigenvalue weighted by atomic mass is 10.1. The number of amidine groups is 1. The van der Waals surface area contributed by atoms with E-state index >= 15 is 0 Å². The average Bonchev–Trinajstić information content (AvgIpc) is 3.28. The number of nitrogens with zero attached hydrogens (tertiary/aromatic N) is 4. The second-order valence-corrected chi connectivity index (χ2v) is 7.67. The van der Waals surface area contributed by atoms with E-state index in [1.54, 1.807) is 31.3 Å². The minimum atomic E-state index is -0.145. The number of aryl methyl sites for hydroxylation is 1. The van der Waals surface area contributed by atoms with Crippen LogP contribution in [0.2, 0.25) is 0 Å². The summed E-state index contributed by atoms with van der Waals surface area (Å²) in [6.45, 7) is 6.11. The van der Waals surface area contributed by atoms with Crippen LogP contribution in [0.5, 0.6) is 11.5 Å². The maximum atomic E-state index is 12.9. The number of aromatic nitrogens is 2. The minimum absolute atomic E-state index is 0.145. The van der Waals surface area contributed by atoms with Crippen molar-refractivity contribution < 1.29 is 14.3 Å². The zero-order valence-electron chi connectivity index (χ0n) is 15.8. The molecule has 0 atom stereocenters. The Morgan fingerprint density at radius 2 is 2.11 bits per heavy atom. The maximum absolute atomic E-state index is 12.9. The van der Waals surface area contributed by atoms with Crippen LogP contribution in [-0.2, 0) is 11.2 Å². The summed E-state index contributed by atoms with van der Waals surface area (Å²) in [4.78, 5) is 19.6. The molecule has 28 heavy (non-hydrogen) atoms. The van der Waals surface area contributed by atoms with E-state index in [9.17, 15) is 4.79 Å². The topological polar surface area (TPSA) is 76.9 Å². The molecule has 0 N–H and O–H groups in total. The fourth-order valence-corrected chi connectivity index (χ4v) is 4.25. The van der Waals surface area contributed by atoms with Gasteiger partial charge in [0.25, 0.3) is 5.91 Å². The number of carbonyl (C=O) groups excluding carboxylic acids is 1. The number of methoxy groups -OCH3 is 2. The van der Waals surface area contributed by atoms with E-state index in [2.05, 4.69) is 21.8 Å². The van der Waals surface area contributed by atoms with Crippen LogP contribution in [-0.4, -0.2) is 46.9 Å². The smallest absolute Gasteiger partial charge is 0.267 e. The average molecular weight is 417 g/mol. The molecule has 1 fully saturated rings. The van der Waals surface area contributed by atoms with E-state index in [0.29, 0.717) is 33.2 Å². The maximum Gasteiger partial charge on any atom is 0.267 e. The monoisotopic (exact) mass is 416 g/mol. The first-order chi connectivity index (χ1) is 13.6. The van der Waals surface area contributed by atoms with Gasteiger partial charge in [-0.3, -0.25) is 9.69 Å². The van der Waals surface area contributed by atoms with Gasteiger partial charge in [0.15, 0.2) is 16.7 Å². The van der Waals surface area contributed by atoms with Crippen LogP contribution in [0.15, 0.2) is 40.8 Å². The minimum Gasteiger partial charge on any atom is -0.493 e. The molecular formula is C19H20N4O3S2. The van der Waals surface area contributed by atoms with E-state index < -0.39 is 0 Å². The summed E-state index contributed by atoms with van der Waals surface area (Å²) < 4.78 is 10.8. The first-order valence-electron chi connectivity index (χ1n) is 8.55. The van der Waals surface area contributed by atoms with Crippen LogP contribution in [0, 0.1) is 0 Å². The van der Waals surface area contributed by atoms with Gasteiger partial charge in [0.1, 0.15) is 5.01 Å². The third-order valence-electron chi connectivity index (χ3n) is 3.87. The predicted octanol–water partition coefficient (Wildman–Crippen LogP) is 3.91. The Hall–Kier alpha value is -2.65. The predicted molar refractivity (Wildman–Crippen MR) is 113 cm³/mol. The van der Waals surface area contributed by atoms with Gasteiger partial charge in [0.05, 0.1) is 19.1 Å². The molecule has 1 aromatic carbocycles. The Morgan fingerprint density at radius 3 is 2.75 bits per heavy atom. The van der Waals surface area contributed by atoms with Gasteiger partial charge in [0, 0.05) is 12.1 Å². The van der Waals surface area contributed by atoms with Crippen molar-refractivity contribution in [2.24, 2.45) is 4.99 Å². The van der Waals surface area contributed by atoms with E-state index in [-0.39, 0.29) is 5.91 Å². The van der Waals surface area contributed by atoms with Crippen molar-refractivity contribution in [1.29, 1.82) is 0 Å². The molecule has 0 unspecified atom stereocenters. The van der Waals surface area contributed by atoms with Gasteiger partial charge in [-0.05, 0) is 30.3 Å². The SMILES string of the molecule is C=CCN1C(=O)/C(=C\c2cccc(OC)c2OC)SC1=Nc1nnc(CC)s1. The zero-order valence-corrected chi connectivity index (χ0v) is 17.5. The molecule has 0 saturated carbocycles. The third kappa shape index (κ3) is 4.10. The molecule has 0 radical (unpaired) electrons. The van der Waals surface area contributed by atoms with Gasteiger partial charge >= 0.3 is 0 Å². The fourth-order valence-electron chi connectivity index (χ4n) is 2.56. The molecule has 9 heteroatoms. The van der Waals surface area contributed by atoms with Crippen molar-refractivity contribution in [1.82, 2.24) is 15.1 Å². The zero-order chi connectivity index (χ0) is 20.1. The molecule has 2 aromatic rings. The summed E-state index contributed by atoms with van der Waals surface area (Å²) in [5.41, 5.74) is 0.752. The van der Waals surface area contributed by atoms with Gasteiger partial charge in [-0.1, -0.05) is 36.5 Å². The molecule has 1 aromatic heterocycles. The van der Waals surface area contributed by atoms with Crippen LogP contribution >= 0.6 is 23.1 Å². The lowest BCUT2D eigenvalue weighted by Crippen LogP contribution is -2.29. The summed E-state index contributed by atoms with van der Waals surface area (Å²) in [5.74, 6) is 1.03. The Morgan fingerprint density at radius 1 is 1.29 bits per heavy atom. The standard InChI is InChI=1S/C19H20N4O3S2/c1-5-10-23-17(24)14(11-12-8-7-9-13(25-3)16(12)26-4)27-19(23)20-18-22-21-15(6-2)28-18/h5,7-9,11H,1,6,10H2,2-4H3/b14-11+,20-19?. The summed E-state index contributed by atoms with van der Waals surface area (Å²) in [5, 5.41) is 10.1. The molecule has 3 rings (SSSR count). The Balaban J connectivity index is 1.98. The number of para-hydroxylation sites is 1. The molecule has 0 bridgehead atoms. The number of thioether (sulfide) groups is 1. The summed E-state index contributed by atoms with van der Waals surface area (Å²) >= 11 is 2.70. The summed E-state index contributed by atoms with van der Waals surface area (Å²) in [6, 6.07) is 5.53. The van der Waals surface area contributed by atoms with Crippen molar-refractivity contribution in [2.75, 3.05) is 20.8 Å². The molecular weight excluding hydrogens is 396 g/mol. The number of hydrogen-bond donors (Lipinski definition) is 0. The lowest BCUT2D eigenvalue weighted by Gasteiger charge is -2.12. The van der Waals surface area contributed by atoms with Crippen LogP contribution in [0.4, 0.5) is 5.13 Å². The van der Waals surface area contributed by atoms with E-state index in [4.69, 9.17) is 9.47 Å². The highest BCUT2D eigenvalue weighted by Crippen LogP contribution is 2.38. The van der Waals surface area contributed by atoms with Crippen LogP contribution in [0.25, 0.3) is 6.08 Å². The Labute approximate surface area is 171 Å². The molecule has 1 aliphatic heterocycles. The third-order valence-corrected chi connectivity index (χ3v) is 5.84. The molecule has 1 aliphatic rings. The van der Waals surface area contributed by atoms with Gasteiger partial charge in [-0.25, -0.2) is 0 Å². The first-order valence-corrected chi connectivity index (χ1v) is 10.2.